The number of nitrogens with two attached hydrogens (primary N) is 1. The molecule has 0 aromatic heterocycles. The van der Waals surface area contributed by atoms with Crippen LogP contribution in [0.15, 0.2) is 0 Å². The Balaban J connectivity index is 1.78. The molecule has 0 aliphatic heterocycles. The molecule has 0 aromatic rings. The summed E-state index contributed by atoms with van der Waals surface area (Å²) in [4.78, 5) is 14.9. The number of carbonyl (C=O) groups is 1. The van der Waals surface area contributed by atoms with E-state index in [0.29, 0.717) is 30.0 Å². The van der Waals surface area contributed by atoms with Crippen LogP contribution >= 0.6 is 0 Å². The molecule has 0 aromatic carbocycles. The third kappa shape index (κ3) is 4.23. The van der Waals surface area contributed by atoms with Crippen molar-refractivity contribution in [3.63, 3.8) is 0 Å². The van der Waals surface area contributed by atoms with Crippen LogP contribution in [0.2, 0.25) is 0 Å². The Morgan fingerprint density at radius 3 is 2.18 bits per heavy atom. The van der Waals surface area contributed by atoms with Crippen LogP contribution in [-0.4, -0.2) is 42.0 Å². The molecule has 2 unspecified atom stereocenters. The lowest BCUT2D eigenvalue weighted by molar-refractivity contribution is -0.128. The third-order valence-corrected chi connectivity index (χ3v) is 5.78. The number of rotatable bonds is 6. The fourth-order valence-corrected chi connectivity index (χ4v) is 4.57. The molecule has 4 nitrogen and oxygen atoms in total. The van der Waals surface area contributed by atoms with Crippen molar-refractivity contribution >= 4 is 5.91 Å². The molecule has 2 fully saturated rings. The SMILES string of the molecule is CC(C)N(CCNC(=O)C1CC2CCCC(C1)C2N)C(C)C. The average Bonchev–Trinajstić information content (AvgIpc) is 2.42. The molecule has 2 saturated carbocycles. The molecule has 0 radical (unpaired) electrons. The first-order chi connectivity index (χ1) is 10.4. The van der Waals surface area contributed by atoms with Gasteiger partial charge in [-0.3, -0.25) is 9.69 Å². The largest absolute Gasteiger partial charge is 0.355 e. The van der Waals surface area contributed by atoms with Gasteiger partial charge in [0.2, 0.25) is 5.91 Å². The molecule has 0 saturated heterocycles. The molecule has 22 heavy (non-hydrogen) atoms. The van der Waals surface area contributed by atoms with Crippen molar-refractivity contribution < 1.29 is 4.79 Å². The van der Waals surface area contributed by atoms with Crippen LogP contribution < -0.4 is 11.1 Å². The maximum atomic E-state index is 12.5. The van der Waals surface area contributed by atoms with E-state index >= 15 is 0 Å². The molecular weight excluding hydrogens is 274 g/mol. The Morgan fingerprint density at radius 1 is 1.14 bits per heavy atom. The van der Waals surface area contributed by atoms with Crippen LogP contribution in [-0.2, 0) is 4.79 Å². The van der Waals surface area contributed by atoms with E-state index in [9.17, 15) is 4.79 Å². The molecule has 2 rings (SSSR count). The zero-order valence-electron chi connectivity index (χ0n) is 14.8. The van der Waals surface area contributed by atoms with Gasteiger partial charge in [-0.15, -0.1) is 0 Å². The Bertz CT molecular complexity index is 347. The lowest BCUT2D eigenvalue weighted by Gasteiger charge is -2.43. The van der Waals surface area contributed by atoms with E-state index in [1.807, 2.05) is 0 Å². The topological polar surface area (TPSA) is 58.4 Å². The van der Waals surface area contributed by atoms with Gasteiger partial charge in [-0.25, -0.2) is 0 Å². The van der Waals surface area contributed by atoms with Crippen LogP contribution in [0.4, 0.5) is 0 Å². The van der Waals surface area contributed by atoms with Crippen molar-refractivity contribution in [2.24, 2.45) is 23.5 Å². The minimum absolute atomic E-state index is 0.196. The summed E-state index contributed by atoms with van der Waals surface area (Å²) in [7, 11) is 0. The van der Waals surface area contributed by atoms with E-state index < -0.39 is 0 Å². The number of carbonyl (C=O) groups excluding carboxylic acids is 1. The molecule has 2 aliphatic rings. The lowest BCUT2D eigenvalue weighted by atomic mass is 9.65. The summed E-state index contributed by atoms with van der Waals surface area (Å²) >= 11 is 0. The predicted octanol–water partition coefficient (Wildman–Crippen LogP) is 2.38. The molecule has 2 atom stereocenters. The van der Waals surface area contributed by atoms with E-state index in [1.54, 1.807) is 0 Å². The average molecular weight is 309 g/mol. The van der Waals surface area contributed by atoms with Crippen LogP contribution in [0, 0.1) is 17.8 Å². The highest BCUT2D eigenvalue weighted by Gasteiger charge is 2.40. The minimum Gasteiger partial charge on any atom is -0.355 e. The van der Waals surface area contributed by atoms with Gasteiger partial charge in [0.05, 0.1) is 0 Å². The maximum absolute atomic E-state index is 12.5. The second kappa shape index (κ2) is 7.78. The normalized spacial score (nSPS) is 31.8. The zero-order valence-corrected chi connectivity index (χ0v) is 14.8. The smallest absolute Gasteiger partial charge is 0.223 e. The van der Waals surface area contributed by atoms with E-state index in [4.69, 9.17) is 5.73 Å². The number of fused-ring (bicyclic) bond motifs is 2. The highest BCUT2D eigenvalue weighted by molar-refractivity contribution is 5.78. The van der Waals surface area contributed by atoms with Gasteiger partial charge in [-0.2, -0.15) is 0 Å². The first-order valence-electron chi connectivity index (χ1n) is 9.19. The monoisotopic (exact) mass is 309 g/mol. The highest BCUT2D eigenvalue weighted by Crippen LogP contribution is 2.41. The van der Waals surface area contributed by atoms with Crippen LogP contribution in [0.1, 0.15) is 59.8 Å². The summed E-state index contributed by atoms with van der Waals surface area (Å²) in [6.07, 6.45) is 5.74. The number of amides is 1. The van der Waals surface area contributed by atoms with E-state index in [1.165, 1.54) is 19.3 Å². The van der Waals surface area contributed by atoms with Gasteiger partial charge in [0, 0.05) is 37.1 Å². The molecule has 128 valence electrons. The summed E-state index contributed by atoms with van der Waals surface area (Å²) in [5, 5.41) is 3.18. The number of hydrogen-bond acceptors (Lipinski definition) is 3. The molecule has 0 spiro atoms. The van der Waals surface area contributed by atoms with Crippen LogP contribution in [0.3, 0.4) is 0 Å². The molecule has 3 N–H and O–H groups in total. The van der Waals surface area contributed by atoms with Gasteiger partial charge >= 0.3 is 0 Å². The fourth-order valence-electron chi connectivity index (χ4n) is 4.57. The van der Waals surface area contributed by atoms with E-state index in [-0.39, 0.29) is 11.8 Å². The Morgan fingerprint density at radius 2 is 1.68 bits per heavy atom. The highest BCUT2D eigenvalue weighted by atomic mass is 16.1. The van der Waals surface area contributed by atoms with Crippen molar-refractivity contribution in [3.8, 4) is 0 Å². The Hall–Kier alpha value is -0.610. The van der Waals surface area contributed by atoms with Crippen molar-refractivity contribution in [1.82, 2.24) is 10.2 Å². The summed E-state index contributed by atoms with van der Waals surface area (Å²) in [5.74, 6) is 1.61. The number of nitrogens with zero attached hydrogens (tertiary/aromatic N) is 1. The van der Waals surface area contributed by atoms with E-state index in [0.717, 1.165) is 25.9 Å². The van der Waals surface area contributed by atoms with Gasteiger partial charge in [-0.05, 0) is 65.2 Å². The molecule has 2 bridgehead atoms. The van der Waals surface area contributed by atoms with Gasteiger partial charge in [0.1, 0.15) is 0 Å². The second-order valence-electron chi connectivity index (χ2n) is 7.91. The van der Waals surface area contributed by atoms with E-state index in [2.05, 4.69) is 37.9 Å². The van der Waals surface area contributed by atoms with Crippen molar-refractivity contribution in [2.45, 2.75) is 77.9 Å². The van der Waals surface area contributed by atoms with Crippen molar-refractivity contribution in [2.75, 3.05) is 13.1 Å². The predicted molar refractivity (Wildman–Crippen MR) is 91.5 cm³/mol. The third-order valence-electron chi connectivity index (χ3n) is 5.78. The Kier molecular flexibility index (Phi) is 6.27. The molecular formula is C18H35N3O. The molecule has 1 amide bonds. The number of hydrogen-bond donors (Lipinski definition) is 2. The molecule has 0 heterocycles. The van der Waals surface area contributed by atoms with Gasteiger partial charge < -0.3 is 11.1 Å². The zero-order chi connectivity index (χ0) is 16.3. The summed E-state index contributed by atoms with van der Waals surface area (Å²) in [6.45, 7) is 10.5. The molecule has 4 heteroatoms. The summed E-state index contributed by atoms with van der Waals surface area (Å²) < 4.78 is 0. The summed E-state index contributed by atoms with van der Waals surface area (Å²) in [6, 6.07) is 1.38. The van der Waals surface area contributed by atoms with Crippen molar-refractivity contribution in [3.05, 3.63) is 0 Å². The van der Waals surface area contributed by atoms with Crippen LogP contribution in [0.5, 0.6) is 0 Å². The number of nitrogens with one attached hydrogen (secondary N) is 1. The maximum Gasteiger partial charge on any atom is 0.223 e. The first kappa shape index (κ1) is 17.7. The fraction of sp³-hybridized carbons (Fsp3) is 0.944. The Labute approximate surface area is 136 Å². The lowest BCUT2D eigenvalue weighted by Crippen LogP contribution is -2.50. The van der Waals surface area contributed by atoms with Crippen LogP contribution in [0.25, 0.3) is 0 Å². The second-order valence-corrected chi connectivity index (χ2v) is 7.91. The quantitative estimate of drug-likeness (QED) is 0.792. The van der Waals surface area contributed by atoms with Crippen molar-refractivity contribution in [1.29, 1.82) is 0 Å². The standard InChI is InChI=1S/C18H35N3O/c1-12(2)21(13(3)4)9-8-20-18(22)16-10-14-6-5-7-15(11-16)17(14)19/h12-17H,5-11,19H2,1-4H3,(H,20,22). The summed E-state index contributed by atoms with van der Waals surface area (Å²) in [5.41, 5.74) is 6.31. The first-order valence-corrected chi connectivity index (χ1v) is 9.19. The molecule has 2 aliphatic carbocycles. The van der Waals surface area contributed by atoms with Gasteiger partial charge in [0.25, 0.3) is 0 Å². The van der Waals surface area contributed by atoms with Gasteiger partial charge in [0.15, 0.2) is 0 Å². The van der Waals surface area contributed by atoms with Gasteiger partial charge in [-0.1, -0.05) is 6.42 Å². The minimum atomic E-state index is 0.196.